The van der Waals surface area contributed by atoms with E-state index in [9.17, 15) is 9.59 Å². The van der Waals surface area contributed by atoms with Crippen molar-refractivity contribution < 1.29 is 14.7 Å². The Morgan fingerprint density at radius 3 is 2.68 bits per heavy atom. The number of carbonyl (C=O) groups excluding carboxylic acids is 1. The number of amides is 2. The number of rotatable bonds is 5. The van der Waals surface area contributed by atoms with E-state index in [-0.39, 0.29) is 12.6 Å². The van der Waals surface area contributed by atoms with E-state index < -0.39 is 11.9 Å². The smallest absolute Gasteiger partial charge is 0.317 e. The first kappa shape index (κ1) is 15.8. The summed E-state index contributed by atoms with van der Waals surface area (Å²) in [4.78, 5) is 24.0. The maximum atomic E-state index is 11.8. The van der Waals surface area contributed by atoms with Crippen molar-refractivity contribution >= 4 is 12.0 Å². The molecule has 5 nitrogen and oxygen atoms in total. The molecule has 0 aliphatic heterocycles. The molecule has 0 aromatic rings. The van der Waals surface area contributed by atoms with Gasteiger partial charge in [0.15, 0.2) is 0 Å². The van der Waals surface area contributed by atoms with Gasteiger partial charge in [-0.2, -0.15) is 0 Å². The number of aliphatic carboxylic acids is 1. The summed E-state index contributed by atoms with van der Waals surface area (Å²) in [5.41, 5.74) is 0. The zero-order chi connectivity index (χ0) is 14.4. The quantitative estimate of drug-likeness (QED) is 0.804. The Morgan fingerprint density at radius 2 is 2.11 bits per heavy atom. The first-order valence-corrected chi connectivity index (χ1v) is 7.12. The summed E-state index contributed by atoms with van der Waals surface area (Å²) in [6.07, 6.45) is 4.89. The van der Waals surface area contributed by atoms with E-state index in [4.69, 9.17) is 5.11 Å². The molecule has 1 fully saturated rings. The number of carbonyl (C=O) groups is 2. The number of hydrogen-bond acceptors (Lipinski definition) is 2. The van der Waals surface area contributed by atoms with Gasteiger partial charge < -0.3 is 15.3 Å². The monoisotopic (exact) mass is 270 g/mol. The molecule has 0 spiro atoms. The minimum atomic E-state index is -0.874. The minimum Gasteiger partial charge on any atom is -0.481 e. The van der Waals surface area contributed by atoms with Crippen molar-refractivity contribution in [2.24, 2.45) is 17.8 Å². The molecule has 0 radical (unpaired) electrons. The minimum absolute atomic E-state index is 0.175. The van der Waals surface area contributed by atoms with Crippen LogP contribution in [0.3, 0.4) is 0 Å². The molecule has 0 saturated heterocycles. The average molecular weight is 270 g/mol. The Kier molecular flexibility index (Phi) is 6.12. The van der Waals surface area contributed by atoms with Gasteiger partial charge in [0.2, 0.25) is 0 Å². The fourth-order valence-electron chi connectivity index (χ4n) is 2.68. The van der Waals surface area contributed by atoms with Gasteiger partial charge in [0, 0.05) is 20.1 Å². The van der Waals surface area contributed by atoms with Crippen LogP contribution in [0.1, 0.15) is 39.5 Å². The Labute approximate surface area is 115 Å². The summed E-state index contributed by atoms with van der Waals surface area (Å²) in [5.74, 6) is -0.0929. The van der Waals surface area contributed by atoms with Crippen LogP contribution < -0.4 is 5.32 Å². The molecule has 3 atom stereocenters. The molecule has 2 N–H and O–H groups in total. The zero-order valence-electron chi connectivity index (χ0n) is 12.2. The maximum absolute atomic E-state index is 11.8. The Bertz CT molecular complexity index is 320. The number of urea groups is 1. The molecule has 1 aliphatic carbocycles. The second-order valence-corrected chi connectivity index (χ2v) is 5.94. The molecule has 110 valence electrons. The van der Waals surface area contributed by atoms with E-state index in [1.807, 2.05) is 0 Å². The van der Waals surface area contributed by atoms with Crippen molar-refractivity contribution in [3.05, 3.63) is 0 Å². The highest BCUT2D eigenvalue weighted by molar-refractivity contribution is 5.75. The van der Waals surface area contributed by atoms with E-state index in [1.54, 1.807) is 14.0 Å². The predicted molar refractivity (Wildman–Crippen MR) is 74.0 cm³/mol. The Morgan fingerprint density at radius 1 is 1.42 bits per heavy atom. The van der Waals surface area contributed by atoms with Gasteiger partial charge in [-0.25, -0.2) is 4.79 Å². The maximum Gasteiger partial charge on any atom is 0.317 e. The molecule has 3 unspecified atom stereocenters. The van der Waals surface area contributed by atoms with E-state index in [1.165, 1.54) is 30.6 Å². The van der Waals surface area contributed by atoms with Crippen LogP contribution in [0.15, 0.2) is 0 Å². The summed E-state index contributed by atoms with van der Waals surface area (Å²) in [6.45, 7) is 4.81. The van der Waals surface area contributed by atoms with Crippen LogP contribution >= 0.6 is 0 Å². The van der Waals surface area contributed by atoms with E-state index in [2.05, 4.69) is 12.2 Å². The van der Waals surface area contributed by atoms with Crippen LogP contribution in [0.2, 0.25) is 0 Å². The van der Waals surface area contributed by atoms with Crippen LogP contribution in [0.25, 0.3) is 0 Å². The molecule has 2 amide bonds. The van der Waals surface area contributed by atoms with Gasteiger partial charge in [-0.3, -0.25) is 4.79 Å². The first-order chi connectivity index (χ1) is 8.90. The normalized spacial score (nSPS) is 24.6. The van der Waals surface area contributed by atoms with Crippen molar-refractivity contribution in [1.29, 1.82) is 0 Å². The lowest BCUT2D eigenvalue weighted by Crippen LogP contribution is -2.42. The summed E-state index contributed by atoms with van der Waals surface area (Å²) >= 11 is 0. The lowest BCUT2D eigenvalue weighted by molar-refractivity contribution is -0.141. The molecule has 1 aliphatic rings. The van der Waals surface area contributed by atoms with Crippen molar-refractivity contribution in [3.63, 3.8) is 0 Å². The van der Waals surface area contributed by atoms with Gasteiger partial charge in [-0.05, 0) is 24.7 Å². The lowest BCUT2D eigenvalue weighted by atomic mass is 9.82. The van der Waals surface area contributed by atoms with Gasteiger partial charge in [0.25, 0.3) is 0 Å². The van der Waals surface area contributed by atoms with Crippen LogP contribution in [0, 0.1) is 17.8 Å². The van der Waals surface area contributed by atoms with Gasteiger partial charge in [0.1, 0.15) is 0 Å². The van der Waals surface area contributed by atoms with Gasteiger partial charge >= 0.3 is 12.0 Å². The molecule has 0 bridgehead atoms. The highest BCUT2D eigenvalue weighted by atomic mass is 16.4. The second kappa shape index (κ2) is 7.36. The number of carboxylic acid groups (broad SMARTS) is 1. The molecule has 0 aromatic heterocycles. The van der Waals surface area contributed by atoms with E-state index in [0.717, 1.165) is 5.92 Å². The zero-order valence-corrected chi connectivity index (χ0v) is 12.2. The highest BCUT2D eigenvalue weighted by Gasteiger charge is 2.21. The average Bonchev–Trinajstić information content (AvgIpc) is 2.35. The van der Waals surface area contributed by atoms with E-state index in [0.29, 0.717) is 12.5 Å². The van der Waals surface area contributed by atoms with Crippen LogP contribution in [-0.4, -0.2) is 42.1 Å². The molecule has 1 saturated carbocycles. The summed E-state index contributed by atoms with van der Waals surface area (Å²) in [5, 5.41) is 11.7. The molecule has 1 rings (SSSR count). The molecular weight excluding hydrogens is 244 g/mol. The fourth-order valence-corrected chi connectivity index (χ4v) is 2.68. The second-order valence-electron chi connectivity index (χ2n) is 5.94. The van der Waals surface area contributed by atoms with Crippen molar-refractivity contribution in [3.8, 4) is 0 Å². The lowest BCUT2D eigenvalue weighted by Gasteiger charge is -2.28. The number of carboxylic acids is 1. The SMILES string of the molecule is CC1CCCC(CNC(=O)N(C)CC(C)C(=O)O)C1. The van der Waals surface area contributed by atoms with Gasteiger partial charge in [-0.15, -0.1) is 0 Å². The molecule has 0 heterocycles. The Hall–Kier alpha value is -1.26. The standard InChI is InChI=1S/C14H26N2O3/c1-10-5-4-6-12(7-10)8-15-14(19)16(3)9-11(2)13(17)18/h10-12H,4-9H2,1-3H3,(H,15,19)(H,17,18). The van der Waals surface area contributed by atoms with Gasteiger partial charge in [0.05, 0.1) is 5.92 Å². The summed E-state index contributed by atoms with van der Waals surface area (Å²) in [6, 6.07) is -0.175. The van der Waals surface area contributed by atoms with Gasteiger partial charge in [-0.1, -0.05) is 26.7 Å². The van der Waals surface area contributed by atoms with E-state index >= 15 is 0 Å². The predicted octanol–water partition coefficient (Wildman–Crippen LogP) is 2.17. The molecule has 5 heteroatoms. The largest absolute Gasteiger partial charge is 0.481 e. The van der Waals surface area contributed by atoms with Crippen molar-refractivity contribution in [1.82, 2.24) is 10.2 Å². The van der Waals surface area contributed by atoms with Crippen LogP contribution in [0.5, 0.6) is 0 Å². The summed E-state index contributed by atoms with van der Waals surface area (Å²) < 4.78 is 0. The number of hydrogen-bond donors (Lipinski definition) is 2. The number of nitrogens with zero attached hydrogens (tertiary/aromatic N) is 1. The number of nitrogens with one attached hydrogen (secondary N) is 1. The fraction of sp³-hybridized carbons (Fsp3) is 0.857. The van der Waals surface area contributed by atoms with Crippen LogP contribution in [-0.2, 0) is 4.79 Å². The summed E-state index contributed by atoms with van der Waals surface area (Å²) in [7, 11) is 1.64. The molecule has 0 aromatic carbocycles. The topological polar surface area (TPSA) is 69.6 Å². The van der Waals surface area contributed by atoms with Crippen LogP contribution in [0.4, 0.5) is 4.79 Å². The molecular formula is C14H26N2O3. The Balaban J connectivity index is 2.28. The highest BCUT2D eigenvalue weighted by Crippen LogP contribution is 2.27. The van der Waals surface area contributed by atoms with Crippen molar-refractivity contribution in [2.45, 2.75) is 39.5 Å². The molecule has 19 heavy (non-hydrogen) atoms. The third-order valence-electron chi connectivity index (χ3n) is 3.90. The van der Waals surface area contributed by atoms with Crippen molar-refractivity contribution in [2.75, 3.05) is 20.1 Å². The third kappa shape index (κ3) is 5.49. The first-order valence-electron chi connectivity index (χ1n) is 7.12. The third-order valence-corrected chi connectivity index (χ3v) is 3.90.